The van der Waals surface area contributed by atoms with E-state index in [4.69, 9.17) is 14.5 Å². The molecule has 0 bridgehead atoms. The first-order valence-electron chi connectivity index (χ1n) is 8.35. The van der Waals surface area contributed by atoms with Crippen LogP contribution in [-0.2, 0) is 15.0 Å². The van der Waals surface area contributed by atoms with Gasteiger partial charge in [0.05, 0.1) is 12.1 Å². The van der Waals surface area contributed by atoms with Crippen LogP contribution in [0.25, 0.3) is 0 Å². The minimum Gasteiger partial charge on any atom is -0.444 e. The molecule has 0 radical (unpaired) electrons. The molecule has 2 atom stereocenters. The Morgan fingerprint density at radius 3 is 3.00 bits per heavy atom. The predicted molar refractivity (Wildman–Crippen MR) is 104 cm³/mol. The zero-order valence-electron chi connectivity index (χ0n) is 14.7. The van der Waals surface area contributed by atoms with E-state index in [1.165, 1.54) is 0 Å². The zero-order valence-corrected chi connectivity index (χ0v) is 17.1. The lowest BCUT2D eigenvalue weighted by Crippen LogP contribution is -2.48. The van der Waals surface area contributed by atoms with E-state index in [2.05, 4.69) is 33.4 Å². The van der Waals surface area contributed by atoms with Crippen molar-refractivity contribution in [2.75, 3.05) is 19.0 Å². The van der Waals surface area contributed by atoms with Crippen molar-refractivity contribution in [3.63, 3.8) is 0 Å². The molecule has 1 N–H and O–H groups in total. The molecule has 0 unspecified atom stereocenters. The molecular weight excluding hydrogens is 404 g/mol. The summed E-state index contributed by atoms with van der Waals surface area (Å²) in [6.45, 7) is 6.89. The molecule has 1 fully saturated rings. The highest BCUT2D eigenvalue weighted by Crippen LogP contribution is 2.45. The number of rotatable bonds is 1. The number of thioether (sulfide) groups is 1. The molecule has 0 aliphatic carbocycles. The van der Waals surface area contributed by atoms with E-state index in [1.807, 2.05) is 32.9 Å². The Morgan fingerprint density at radius 2 is 2.28 bits per heavy atom. The summed E-state index contributed by atoms with van der Waals surface area (Å²) in [5.41, 5.74) is 0.254. The number of ether oxygens (including phenoxy) is 2. The summed E-state index contributed by atoms with van der Waals surface area (Å²) in [7, 11) is 0. The van der Waals surface area contributed by atoms with Gasteiger partial charge >= 0.3 is 6.09 Å². The molecule has 136 valence electrons. The number of fused-ring (bicyclic) bond motifs is 1. The van der Waals surface area contributed by atoms with E-state index in [0.29, 0.717) is 18.4 Å². The predicted octanol–water partition coefficient (Wildman–Crippen LogP) is 4.31. The number of halogens is 1. The number of benzene rings is 1. The lowest BCUT2D eigenvalue weighted by atomic mass is 9.76. The van der Waals surface area contributed by atoms with Crippen molar-refractivity contribution in [1.82, 2.24) is 5.32 Å². The summed E-state index contributed by atoms with van der Waals surface area (Å²) in [4.78, 5) is 17.1. The van der Waals surface area contributed by atoms with E-state index in [-0.39, 0.29) is 11.5 Å². The van der Waals surface area contributed by atoms with E-state index >= 15 is 0 Å². The number of aliphatic imine (C=N–C) groups is 1. The lowest BCUT2D eigenvalue weighted by molar-refractivity contribution is 0.00989. The van der Waals surface area contributed by atoms with Crippen molar-refractivity contribution >= 4 is 39.0 Å². The van der Waals surface area contributed by atoms with Crippen molar-refractivity contribution in [3.05, 3.63) is 34.3 Å². The van der Waals surface area contributed by atoms with Gasteiger partial charge in [-0.05, 0) is 38.5 Å². The highest BCUT2D eigenvalue weighted by molar-refractivity contribution is 9.10. The fourth-order valence-corrected chi connectivity index (χ4v) is 4.69. The normalized spacial score (nSPS) is 26.4. The van der Waals surface area contributed by atoms with Gasteiger partial charge in [0.25, 0.3) is 0 Å². The van der Waals surface area contributed by atoms with Gasteiger partial charge in [0.15, 0.2) is 5.17 Å². The number of carbonyl (C=O) groups is 1. The molecule has 1 aromatic carbocycles. The number of amides is 1. The van der Waals surface area contributed by atoms with Crippen LogP contribution in [0.3, 0.4) is 0 Å². The number of nitrogens with one attached hydrogen (secondary N) is 1. The van der Waals surface area contributed by atoms with Crippen LogP contribution >= 0.6 is 27.7 Å². The van der Waals surface area contributed by atoms with E-state index < -0.39 is 11.7 Å². The van der Waals surface area contributed by atoms with Gasteiger partial charge in [-0.15, -0.1) is 0 Å². The molecule has 0 saturated carbocycles. The van der Waals surface area contributed by atoms with Crippen LogP contribution in [0.1, 0.15) is 32.8 Å². The first-order valence-corrected chi connectivity index (χ1v) is 10.1. The summed E-state index contributed by atoms with van der Waals surface area (Å²) in [5, 5.41) is 3.43. The Morgan fingerprint density at radius 1 is 1.48 bits per heavy atom. The van der Waals surface area contributed by atoms with Crippen LogP contribution in [0.5, 0.6) is 0 Å². The summed E-state index contributed by atoms with van der Waals surface area (Å²) in [6.07, 6.45) is 0.336. The number of hydrogen-bond donors (Lipinski definition) is 1. The molecule has 7 heteroatoms. The molecule has 25 heavy (non-hydrogen) atoms. The fraction of sp³-hybridized carbons (Fsp3) is 0.556. The molecule has 2 aliphatic heterocycles. The molecule has 1 saturated heterocycles. The maximum Gasteiger partial charge on any atom is 0.413 e. The molecule has 2 aliphatic rings. The number of amidine groups is 1. The summed E-state index contributed by atoms with van der Waals surface area (Å²) in [6, 6.07) is 8.26. The molecule has 5 nitrogen and oxygen atoms in total. The van der Waals surface area contributed by atoms with Gasteiger partial charge in [0.2, 0.25) is 0 Å². The monoisotopic (exact) mass is 426 g/mol. The number of carbonyl (C=O) groups excluding carboxylic acids is 1. The molecule has 0 spiro atoms. The Hall–Kier alpha value is -1.05. The van der Waals surface area contributed by atoms with Gasteiger partial charge in [-0.25, -0.2) is 4.79 Å². The third-order valence-corrected chi connectivity index (χ3v) is 5.81. The van der Waals surface area contributed by atoms with Crippen LogP contribution in [-0.4, -0.2) is 35.8 Å². The largest absolute Gasteiger partial charge is 0.444 e. The first kappa shape index (κ1) is 18.7. The highest BCUT2D eigenvalue weighted by Gasteiger charge is 2.46. The molecule has 1 amide bonds. The maximum atomic E-state index is 12.1. The van der Waals surface area contributed by atoms with Crippen molar-refractivity contribution < 1.29 is 14.3 Å². The van der Waals surface area contributed by atoms with Crippen molar-refractivity contribution in [1.29, 1.82) is 0 Å². The number of alkyl carbamates (subject to hydrolysis) is 1. The smallest absolute Gasteiger partial charge is 0.413 e. The van der Waals surface area contributed by atoms with E-state index in [1.54, 1.807) is 11.8 Å². The minimum absolute atomic E-state index is 0.282. The van der Waals surface area contributed by atoms with Crippen LogP contribution in [0.2, 0.25) is 0 Å². The van der Waals surface area contributed by atoms with E-state index in [0.717, 1.165) is 22.2 Å². The molecule has 2 heterocycles. The first-order chi connectivity index (χ1) is 11.8. The Kier molecular flexibility index (Phi) is 5.46. The van der Waals surface area contributed by atoms with Crippen molar-refractivity contribution in [2.45, 2.75) is 38.3 Å². The average molecular weight is 427 g/mol. The SMILES string of the molecule is CC(C)(C)OC(=O)NC1=N[C@]2(c3cccc(Br)c3)CCOC[C@@H]2CS1. The Bertz CT molecular complexity index is 689. The van der Waals surface area contributed by atoms with Crippen molar-refractivity contribution in [3.8, 4) is 0 Å². The molecule has 3 rings (SSSR count). The van der Waals surface area contributed by atoms with E-state index in [9.17, 15) is 4.79 Å². The number of nitrogens with zero attached hydrogens (tertiary/aromatic N) is 1. The number of hydrogen-bond acceptors (Lipinski definition) is 5. The summed E-state index contributed by atoms with van der Waals surface area (Å²) < 4.78 is 12.1. The quantitative estimate of drug-likeness (QED) is 0.726. The minimum atomic E-state index is -0.535. The van der Waals surface area contributed by atoms with Crippen LogP contribution in [0.4, 0.5) is 4.79 Å². The van der Waals surface area contributed by atoms with Crippen LogP contribution in [0.15, 0.2) is 33.7 Å². The summed E-state index contributed by atoms with van der Waals surface area (Å²) in [5.74, 6) is 1.13. The third-order valence-electron chi connectivity index (χ3n) is 4.28. The van der Waals surface area contributed by atoms with Crippen LogP contribution < -0.4 is 5.32 Å². The molecular formula is C18H23BrN2O3S. The van der Waals surface area contributed by atoms with Gasteiger partial charge < -0.3 is 9.47 Å². The summed E-state index contributed by atoms with van der Waals surface area (Å²) >= 11 is 5.10. The van der Waals surface area contributed by atoms with Gasteiger partial charge in [-0.2, -0.15) is 0 Å². The topological polar surface area (TPSA) is 59.9 Å². The van der Waals surface area contributed by atoms with Crippen LogP contribution in [0, 0.1) is 5.92 Å². The van der Waals surface area contributed by atoms with Crippen molar-refractivity contribution in [2.24, 2.45) is 10.9 Å². The second kappa shape index (κ2) is 7.29. The highest BCUT2D eigenvalue weighted by atomic mass is 79.9. The average Bonchev–Trinajstić information content (AvgIpc) is 2.52. The Labute approximate surface area is 161 Å². The lowest BCUT2D eigenvalue weighted by Gasteiger charge is -2.44. The van der Waals surface area contributed by atoms with Gasteiger partial charge in [-0.1, -0.05) is 39.8 Å². The zero-order chi connectivity index (χ0) is 18.1. The standard InChI is InChI=1S/C18H23BrN2O3S/c1-17(2,3)24-16(22)20-15-21-18(12-5-4-6-14(19)9-12)7-8-23-10-13(18)11-25-15/h4-6,9,13H,7-8,10-11H2,1-3H3,(H,20,21,22)/t13-,18+/m1/s1. The molecule has 1 aromatic rings. The fourth-order valence-electron chi connectivity index (χ4n) is 3.18. The second-order valence-corrected chi connectivity index (χ2v) is 9.24. The van der Waals surface area contributed by atoms with Gasteiger partial charge in [0.1, 0.15) is 5.60 Å². The Balaban J connectivity index is 1.90. The molecule has 0 aromatic heterocycles. The maximum absolute atomic E-state index is 12.1. The second-order valence-electron chi connectivity index (χ2n) is 7.31. The van der Waals surface area contributed by atoms with Gasteiger partial charge in [-0.3, -0.25) is 10.3 Å². The third kappa shape index (κ3) is 4.38. The van der Waals surface area contributed by atoms with Gasteiger partial charge in [0, 0.05) is 29.2 Å².